The monoisotopic (exact) mass is 280 g/mol. The van der Waals surface area contributed by atoms with Crippen molar-refractivity contribution in [2.75, 3.05) is 5.43 Å². The van der Waals surface area contributed by atoms with E-state index in [1.54, 1.807) is 11.0 Å². The zero-order valence-corrected chi connectivity index (χ0v) is 12.9. The van der Waals surface area contributed by atoms with Gasteiger partial charge in [0.1, 0.15) is 11.0 Å². The highest BCUT2D eigenvalue weighted by atomic mass is 15.6. The predicted octanol–water partition coefficient (Wildman–Crippen LogP) is 3.91. The molecular formula is C17H20N4. The normalized spacial score (nSPS) is 11.8. The molecular weight excluding hydrogens is 260 g/mol. The van der Waals surface area contributed by atoms with Crippen LogP contribution >= 0.6 is 0 Å². The Bertz CT molecular complexity index is 764. The first-order chi connectivity index (χ1) is 9.93. The lowest BCUT2D eigenvalue weighted by Gasteiger charge is -2.19. The van der Waals surface area contributed by atoms with E-state index in [4.69, 9.17) is 0 Å². The van der Waals surface area contributed by atoms with Crippen molar-refractivity contribution >= 4 is 16.7 Å². The first kappa shape index (κ1) is 13.6. The summed E-state index contributed by atoms with van der Waals surface area (Å²) in [4.78, 5) is 6.22. The highest BCUT2D eigenvalue weighted by Crippen LogP contribution is 2.23. The van der Waals surface area contributed by atoms with Gasteiger partial charge in [0.05, 0.1) is 11.9 Å². The lowest BCUT2D eigenvalue weighted by molar-refractivity contribution is 0.590. The Morgan fingerprint density at radius 3 is 2.38 bits per heavy atom. The van der Waals surface area contributed by atoms with Gasteiger partial charge in [-0.3, -0.25) is 5.43 Å². The molecule has 0 atom stereocenters. The quantitative estimate of drug-likeness (QED) is 0.774. The third-order valence-electron chi connectivity index (χ3n) is 3.55. The fourth-order valence-electron chi connectivity index (χ4n) is 2.27. The molecule has 3 aromatic rings. The summed E-state index contributed by atoms with van der Waals surface area (Å²) in [6, 6.07) is 12.5. The van der Waals surface area contributed by atoms with Gasteiger partial charge in [0.2, 0.25) is 0 Å². The number of aromatic nitrogens is 3. The first-order valence-corrected chi connectivity index (χ1v) is 7.12. The van der Waals surface area contributed by atoms with Crippen molar-refractivity contribution in [3.63, 3.8) is 0 Å². The summed E-state index contributed by atoms with van der Waals surface area (Å²) in [6.45, 7) is 8.62. The number of pyridine rings is 1. The lowest BCUT2D eigenvalue weighted by atomic mass is 9.87. The molecule has 0 aliphatic rings. The molecule has 0 amide bonds. The van der Waals surface area contributed by atoms with Gasteiger partial charge >= 0.3 is 0 Å². The summed E-state index contributed by atoms with van der Waals surface area (Å²) in [7, 11) is 0. The van der Waals surface area contributed by atoms with Crippen molar-refractivity contribution in [3.05, 3.63) is 53.9 Å². The molecule has 1 N–H and O–H groups in total. The summed E-state index contributed by atoms with van der Waals surface area (Å²) in [5.41, 5.74) is 8.65. The molecule has 1 aromatic carbocycles. The maximum Gasteiger partial charge on any atom is 0.111 e. The van der Waals surface area contributed by atoms with Crippen LogP contribution in [0.4, 0.5) is 5.69 Å². The molecule has 4 nitrogen and oxygen atoms in total. The van der Waals surface area contributed by atoms with Crippen molar-refractivity contribution < 1.29 is 0 Å². The molecule has 0 saturated carbocycles. The van der Waals surface area contributed by atoms with Crippen LogP contribution in [0.15, 0.2) is 42.6 Å². The molecule has 0 spiro atoms. The number of benzene rings is 1. The largest absolute Gasteiger partial charge is 0.278 e. The number of rotatable bonds is 2. The Balaban J connectivity index is 1.88. The molecule has 3 rings (SSSR count). The van der Waals surface area contributed by atoms with Crippen molar-refractivity contribution in [1.29, 1.82) is 0 Å². The topological polar surface area (TPSA) is 42.7 Å². The molecule has 0 radical (unpaired) electrons. The van der Waals surface area contributed by atoms with Crippen LogP contribution in [0.25, 0.3) is 11.0 Å². The summed E-state index contributed by atoms with van der Waals surface area (Å²) in [5, 5.41) is 4.35. The maximum absolute atomic E-state index is 4.46. The number of aryl methyl sites for hydroxylation is 1. The van der Waals surface area contributed by atoms with E-state index in [9.17, 15) is 0 Å². The first-order valence-electron chi connectivity index (χ1n) is 7.12. The number of fused-ring (bicyclic) bond motifs is 1. The minimum absolute atomic E-state index is 0.165. The van der Waals surface area contributed by atoms with Crippen LogP contribution in [-0.4, -0.2) is 14.9 Å². The van der Waals surface area contributed by atoms with E-state index in [1.807, 2.05) is 19.1 Å². The van der Waals surface area contributed by atoms with Crippen LogP contribution in [0.2, 0.25) is 0 Å². The molecule has 0 aliphatic heterocycles. The lowest BCUT2D eigenvalue weighted by Crippen LogP contribution is -2.13. The van der Waals surface area contributed by atoms with E-state index in [0.29, 0.717) is 0 Å². The molecule has 2 heterocycles. The summed E-state index contributed by atoms with van der Waals surface area (Å²) >= 11 is 0. The standard InChI is InChI=1S/C17H20N4/c1-12-5-10-16-15(19-12)11-18-21(16)20-14-8-6-13(7-9-14)17(2,3)4/h5-11,20H,1-4H3. The van der Waals surface area contributed by atoms with E-state index < -0.39 is 0 Å². The van der Waals surface area contributed by atoms with Crippen molar-refractivity contribution in [1.82, 2.24) is 14.9 Å². The fraction of sp³-hybridized carbons (Fsp3) is 0.294. The Labute approximate surface area is 124 Å². The number of hydrogen-bond donors (Lipinski definition) is 1. The van der Waals surface area contributed by atoms with E-state index >= 15 is 0 Å². The van der Waals surface area contributed by atoms with Gasteiger partial charge in [0.25, 0.3) is 0 Å². The van der Waals surface area contributed by atoms with Crippen molar-refractivity contribution in [2.45, 2.75) is 33.1 Å². The van der Waals surface area contributed by atoms with Crippen LogP contribution in [0.5, 0.6) is 0 Å². The summed E-state index contributed by atoms with van der Waals surface area (Å²) in [6.07, 6.45) is 1.78. The smallest absolute Gasteiger partial charge is 0.111 e. The van der Waals surface area contributed by atoms with E-state index in [-0.39, 0.29) is 5.41 Å². The van der Waals surface area contributed by atoms with Gasteiger partial charge in [0.15, 0.2) is 0 Å². The van der Waals surface area contributed by atoms with E-state index in [1.165, 1.54) is 5.56 Å². The molecule has 0 bridgehead atoms. The van der Waals surface area contributed by atoms with Crippen molar-refractivity contribution in [3.8, 4) is 0 Å². The van der Waals surface area contributed by atoms with Crippen LogP contribution in [-0.2, 0) is 5.41 Å². The van der Waals surface area contributed by atoms with Crippen LogP contribution in [0, 0.1) is 6.92 Å². The Hall–Kier alpha value is -2.36. The van der Waals surface area contributed by atoms with Gasteiger partial charge in [-0.15, -0.1) is 0 Å². The second-order valence-corrected chi connectivity index (χ2v) is 6.35. The molecule has 4 heteroatoms. The Morgan fingerprint density at radius 2 is 1.71 bits per heavy atom. The zero-order chi connectivity index (χ0) is 15.0. The second kappa shape index (κ2) is 4.88. The average molecular weight is 280 g/mol. The van der Waals surface area contributed by atoms with Gasteiger partial charge in [-0.25, -0.2) is 4.98 Å². The SMILES string of the molecule is Cc1ccc2c(cnn2Nc2ccc(C(C)(C)C)cc2)n1. The maximum atomic E-state index is 4.46. The van der Waals surface area contributed by atoms with Gasteiger partial charge in [-0.05, 0) is 42.2 Å². The third kappa shape index (κ3) is 2.75. The Kier molecular flexibility index (Phi) is 3.16. The van der Waals surface area contributed by atoms with Crippen LogP contribution in [0.1, 0.15) is 32.0 Å². The molecule has 0 unspecified atom stereocenters. The Morgan fingerprint density at radius 1 is 1.00 bits per heavy atom. The van der Waals surface area contributed by atoms with Gasteiger partial charge in [-0.1, -0.05) is 32.9 Å². The van der Waals surface area contributed by atoms with Crippen LogP contribution in [0.3, 0.4) is 0 Å². The van der Waals surface area contributed by atoms with E-state index in [2.05, 4.69) is 60.5 Å². The second-order valence-electron chi connectivity index (χ2n) is 6.35. The van der Waals surface area contributed by atoms with Crippen molar-refractivity contribution in [2.24, 2.45) is 0 Å². The number of nitrogens with one attached hydrogen (secondary N) is 1. The summed E-state index contributed by atoms with van der Waals surface area (Å²) < 4.78 is 0. The van der Waals surface area contributed by atoms with E-state index in [0.717, 1.165) is 22.4 Å². The molecule has 0 aliphatic carbocycles. The molecule has 108 valence electrons. The van der Waals surface area contributed by atoms with Gasteiger partial charge in [0, 0.05) is 5.69 Å². The molecule has 0 fully saturated rings. The highest BCUT2D eigenvalue weighted by molar-refractivity contribution is 5.75. The zero-order valence-electron chi connectivity index (χ0n) is 12.9. The molecule has 21 heavy (non-hydrogen) atoms. The molecule has 2 aromatic heterocycles. The predicted molar refractivity (Wildman–Crippen MR) is 86.4 cm³/mol. The fourth-order valence-corrected chi connectivity index (χ4v) is 2.27. The minimum atomic E-state index is 0.165. The average Bonchev–Trinajstić information content (AvgIpc) is 2.80. The third-order valence-corrected chi connectivity index (χ3v) is 3.55. The number of anilines is 1. The number of nitrogens with zero attached hydrogens (tertiary/aromatic N) is 3. The van der Waals surface area contributed by atoms with Gasteiger partial charge < -0.3 is 0 Å². The van der Waals surface area contributed by atoms with Gasteiger partial charge in [-0.2, -0.15) is 9.89 Å². The highest BCUT2D eigenvalue weighted by Gasteiger charge is 2.13. The molecule has 0 saturated heterocycles. The minimum Gasteiger partial charge on any atom is -0.278 e. The summed E-state index contributed by atoms with van der Waals surface area (Å²) in [5.74, 6) is 0. The number of hydrogen-bond acceptors (Lipinski definition) is 3. The van der Waals surface area contributed by atoms with Crippen LogP contribution < -0.4 is 5.43 Å².